The van der Waals surface area contributed by atoms with Gasteiger partial charge in [0, 0.05) is 0 Å². The highest BCUT2D eigenvalue weighted by Crippen LogP contribution is 2.15. The normalized spacial score (nSPS) is 15.8. The molecule has 0 saturated heterocycles. The molecule has 90 valence electrons. The van der Waals surface area contributed by atoms with Gasteiger partial charge in [-0.05, 0) is 26.0 Å². The van der Waals surface area contributed by atoms with Crippen LogP contribution in [0.2, 0.25) is 0 Å². The van der Waals surface area contributed by atoms with Crippen LogP contribution in [-0.2, 0) is 14.3 Å². The van der Waals surface area contributed by atoms with Gasteiger partial charge in [-0.25, -0.2) is 4.18 Å². The van der Waals surface area contributed by atoms with Crippen molar-refractivity contribution in [2.75, 3.05) is 0 Å². The maximum Gasteiger partial charge on any atom is 0.299 e. The van der Waals surface area contributed by atoms with E-state index >= 15 is 0 Å². The van der Waals surface area contributed by atoms with Crippen LogP contribution in [0.1, 0.15) is 12.5 Å². The Morgan fingerprint density at radius 3 is 2.12 bits per heavy atom. The lowest BCUT2D eigenvalue weighted by Crippen LogP contribution is -2.28. The summed E-state index contributed by atoms with van der Waals surface area (Å²) >= 11 is 0. The molecule has 1 rings (SSSR count). The predicted molar refractivity (Wildman–Crippen MR) is 57.1 cm³/mol. The van der Waals surface area contributed by atoms with Crippen molar-refractivity contribution in [2.24, 2.45) is 0 Å². The quantitative estimate of drug-likeness (QED) is 0.593. The molecule has 0 bridgehead atoms. The third kappa shape index (κ3) is 3.28. The van der Waals surface area contributed by atoms with E-state index in [2.05, 4.69) is 4.18 Å². The highest BCUT2D eigenvalue weighted by molar-refractivity contribution is 7.86. The first-order chi connectivity index (χ1) is 7.33. The number of aryl methyl sites for hydroxylation is 1. The Morgan fingerprint density at radius 1 is 1.19 bits per heavy atom. The van der Waals surface area contributed by atoms with Crippen molar-refractivity contribution in [3.63, 3.8) is 0 Å². The Hall–Kier alpha value is -0.950. The highest BCUT2D eigenvalue weighted by Gasteiger charge is 2.22. The van der Waals surface area contributed by atoms with E-state index in [1.54, 1.807) is 12.1 Å². The van der Waals surface area contributed by atoms with Crippen LogP contribution in [0.4, 0.5) is 0 Å². The predicted octanol–water partition coefficient (Wildman–Crippen LogP) is 0.400. The molecule has 1 aromatic rings. The van der Waals surface area contributed by atoms with Gasteiger partial charge in [0.05, 0.1) is 4.90 Å². The Balaban J connectivity index is 2.90. The lowest BCUT2D eigenvalue weighted by Gasteiger charge is -2.14. The van der Waals surface area contributed by atoms with Crippen molar-refractivity contribution in [3.8, 4) is 0 Å². The van der Waals surface area contributed by atoms with E-state index in [1.807, 2.05) is 6.92 Å². The molecule has 2 unspecified atom stereocenters. The molecule has 0 spiro atoms. The third-order valence-electron chi connectivity index (χ3n) is 1.95. The first-order valence-electron chi connectivity index (χ1n) is 4.69. The lowest BCUT2D eigenvalue weighted by atomic mass is 10.2. The monoisotopic (exact) mass is 246 g/mol. The zero-order valence-electron chi connectivity index (χ0n) is 8.99. The summed E-state index contributed by atoms with van der Waals surface area (Å²) in [6.45, 7) is 3.05. The van der Waals surface area contributed by atoms with Crippen LogP contribution in [0.15, 0.2) is 29.2 Å². The van der Waals surface area contributed by atoms with Crippen molar-refractivity contribution in [3.05, 3.63) is 29.8 Å². The second kappa shape index (κ2) is 4.92. The second-order valence-electron chi connectivity index (χ2n) is 3.49. The maximum absolute atomic E-state index is 11.6. The Labute approximate surface area is 94.4 Å². The van der Waals surface area contributed by atoms with Crippen LogP contribution in [0.25, 0.3) is 0 Å². The van der Waals surface area contributed by atoms with Crippen LogP contribution in [-0.4, -0.2) is 31.0 Å². The topological polar surface area (TPSA) is 83.8 Å². The summed E-state index contributed by atoms with van der Waals surface area (Å²) < 4.78 is 27.5. The average Bonchev–Trinajstić information content (AvgIpc) is 2.17. The van der Waals surface area contributed by atoms with Crippen molar-refractivity contribution in [2.45, 2.75) is 31.1 Å². The van der Waals surface area contributed by atoms with Crippen LogP contribution in [0.5, 0.6) is 0 Å². The summed E-state index contributed by atoms with van der Waals surface area (Å²) in [6, 6.07) is 5.98. The Kier molecular flexibility index (Phi) is 4.03. The molecule has 5 nitrogen and oxygen atoms in total. The molecule has 0 aliphatic carbocycles. The van der Waals surface area contributed by atoms with E-state index in [4.69, 9.17) is 10.2 Å². The lowest BCUT2D eigenvalue weighted by molar-refractivity contribution is -0.0923. The SMILES string of the molecule is Cc1ccc(S(=O)(=O)OC(O)C(C)O)cc1. The van der Waals surface area contributed by atoms with E-state index in [0.717, 1.165) is 5.56 Å². The van der Waals surface area contributed by atoms with Gasteiger partial charge >= 0.3 is 0 Å². The first kappa shape index (κ1) is 13.1. The largest absolute Gasteiger partial charge is 0.388 e. The smallest absolute Gasteiger partial charge is 0.299 e. The molecule has 0 aromatic heterocycles. The van der Waals surface area contributed by atoms with Crippen molar-refractivity contribution in [1.82, 2.24) is 0 Å². The van der Waals surface area contributed by atoms with Crippen molar-refractivity contribution in [1.29, 1.82) is 0 Å². The maximum atomic E-state index is 11.6. The summed E-state index contributed by atoms with van der Waals surface area (Å²) in [7, 11) is -4.03. The van der Waals surface area contributed by atoms with E-state index in [1.165, 1.54) is 19.1 Å². The van der Waals surface area contributed by atoms with Gasteiger partial charge in [-0.1, -0.05) is 17.7 Å². The van der Waals surface area contributed by atoms with Gasteiger partial charge in [0.25, 0.3) is 10.1 Å². The number of hydrogen-bond donors (Lipinski definition) is 2. The number of hydrogen-bond acceptors (Lipinski definition) is 5. The molecular weight excluding hydrogens is 232 g/mol. The molecule has 0 heterocycles. The number of aliphatic hydroxyl groups excluding tert-OH is 2. The minimum absolute atomic E-state index is 0.0576. The van der Waals surface area contributed by atoms with Gasteiger partial charge in [-0.3, -0.25) is 0 Å². The van der Waals surface area contributed by atoms with Crippen LogP contribution in [0, 0.1) is 6.92 Å². The molecule has 0 aliphatic heterocycles. The van der Waals surface area contributed by atoms with Gasteiger partial charge in [0.2, 0.25) is 0 Å². The molecule has 0 amide bonds. The first-order valence-corrected chi connectivity index (χ1v) is 6.10. The van der Waals surface area contributed by atoms with Gasteiger partial charge < -0.3 is 10.2 Å². The second-order valence-corrected chi connectivity index (χ2v) is 5.07. The zero-order valence-corrected chi connectivity index (χ0v) is 9.81. The Morgan fingerprint density at radius 2 is 1.69 bits per heavy atom. The summed E-state index contributed by atoms with van der Waals surface area (Å²) in [5, 5.41) is 18.1. The average molecular weight is 246 g/mol. The van der Waals surface area contributed by atoms with Crippen LogP contribution >= 0.6 is 0 Å². The fraction of sp³-hybridized carbons (Fsp3) is 0.400. The van der Waals surface area contributed by atoms with Crippen molar-refractivity contribution >= 4 is 10.1 Å². The van der Waals surface area contributed by atoms with E-state index in [9.17, 15) is 8.42 Å². The molecule has 0 saturated carbocycles. The molecule has 1 aromatic carbocycles. The minimum atomic E-state index is -4.03. The summed E-state index contributed by atoms with van der Waals surface area (Å²) in [4.78, 5) is -0.0576. The molecule has 0 fully saturated rings. The number of rotatable bonds is 4. The fourth-order valence-electron chi connectivity index (χ4n) is 0.971. The summed E-state index contributed by atoms with van der Waals surface area (Å²) in [5.41, 5.74) is 0.912. The van der Waals surface area contributed by atoms with E-state index in [0.29, 0.717) is 0 Å². The van der Waals surface area contributed by atoms with Crippen LogP contribution < -0.4 is 0 Å². The molecule has 0 aliphatic rings. The minimum Gasteiger partial charge on any atom is -0.388 e. The van der Waals surface area contributed by atoms with Crippen LogP contribution in [0.3, 0.4) is 0 Å². The van der Waals surface area contributed by atoms with Gasteiger partial charge in [0.1, 0.15) is 6.10 Å². The highest BCUT2D eigenvalue weighted by atomic mass is 32.2. The summed E-state index contributed by atoms with van der Waals surface area (Å²) in [6.07, 6.45) is -3.04. The standard InChI is InChI=1S/C10H14O5S/c1-7-3-5-9(6-4-7)16(13,14)15-10(12)8(2)11/h3-6,8,10-12H,1-2H3. The van der Waals surface area contributed by atoms with E-state index in [-0.39, 0.29) is 4.90 Å². The van der Waals surface area contributed by atoms with Gasteiger partial charge in [-0.2, -0.15) is 8.42 Å². The molecule has 2 atom stereocenters. The Bertz CT molecular complexity index is 435. The summed E-state index contributed by atoms with van der Waals surface area (Å²) in [5.74, 6) is 0. The zero-order chi connectivity index (χ0) is 12.3. The third-order valence-corrected chi connectivity index (χ3v) is 3.25. The number of aliphatic hydroxyl groups is 2. The molecule has 16 heavy (non-hydrogen) atoms. The molecule has 2 N–H and O–H groups in total. The molecule has 0 radical (unpaired) electrons. The van der Waals surface area contributed by atoms with Gasteiger partial charge in [0.15, 0.2) is 6.29 Å². The fourth-order valence-corrected chi connectivity index (χ4v) is 1.97. The molecule has 6 heteroatoms. The van der Waals surface area contributed by atoms with E-state index < -0.39 is 22.5 Å². The van der Waals surface area contributed by atoms with Gasteiger partial charge in [-0.15, -0.1) is 0 Å². The number of benzene rings is 1. The van der Waals surface area contributed by atoms with Crippen molar-refractivity contribution < 1.29 is 22.8 Å². The molecular formula is C10H14O5S.